The Kier molecular flexibility index (Phi) is 9.15. The summed E-state index contributed by atoms with van der Waals surface area (Å²) >= 11 is 6.78. The number of carbonyl (C=O) groups is 1. The van der Waals surface area contributed by atoms with Gasteiger partial charge in [0, 0.05) is 44.8 Å². The number of methoxy groups -OCH3 is 1. The molecular formula is C29H39ClN6O3. The first kappa shape index (κ1) is 28.9. The highest BCUT2D eigenvalue weighted by atomic mass is 35.5. The highest BCUT2D eigenvalue weighted by Crippen LogP contribution is 2.36. The number of phenols is 1. The van der Waals surface area contributed by atoms with Gasteiger partial charge < -0.3 is 20.1 Å². The molecule has 0 unspecified atom stereocenters. The van der Waals surface area contributed by atoms with E-state index in [0.29, 0.717) is 16.5 Å². The van der Waals surface area contributed by atoms with Crippen molar-refractivity contribution < 1.29 is 14.6 Å². The molecule has 0 spiro atoms. The molecule has 2 aromatic rings. The molecule has 1 saturated heterocycles. The molecule has 1 aliphatic carbocycles. The number of piperazine rings is 1. The molecule has 0 bridgehead atoms. The molecule has 39 heavy (non-hydrogen) atoms. The number of aromatic hydroxyl groups is 1. The number of hydrogen-bond donors (Lipinski definition) is 4. The smallest absolute Gasteiger partial charge is 0.287 e. The highest BCUT2D eigenvalue weighted by molar-refractivity contribution is 6.49. The maximum absolute atomic E-state index is 13.0. The minimum absolute atomic E-state index is 0.0434. The zero-order valence-electron chi connectivity index (χ0n) is 23.2. The second-order valence-corrected chi connectivity index (χ2v) is 10.9. The summed E-state index contributed by atoms with van der Waals surface area (Å²) in [7, 11) is 1.53. The van der Waals surface area contributed by atoms with E-state index in [1.54, 1.807) is 12.1 Å². The number of rotatable bonds is 8. The number of carbonyl (C=O) groups excluding carboxylic acids is 1. The van der Waals surface area contributed by atoms with Gasteiger partial charge in [-0.1, -0.05) is 38.4 Å². The Labute approximate surface area is 235 Å². The summed E-state index contributed by atoms with van der Waals surface area (Å²) in [6.07, 6.45) is 1.74. The lowest BCUT2D eigenvalue weighted by atomic mass is 9.97. The number of ether oxygens (including phenoxy) is 1. The van der Waals surface area contributed by atoms with Crippen LogP contribution in [0.25, 0.3) is 0 Å². The standard InChI is InChI=1S/C29H39ClN6O3/c1-5-34-10-12-35(13-11-34)17-19-6-9-24(23(30)14-19)36(28(32)29(38)33-20-7-8-20)27(31)22-15-21(18(2)3)26(39-4)16-25(22)37/h6,9,14-16,18,20,31-32,37H,5,7-8,10-13,17H2,1-4H3,(H,33,38). The zero-order valence-corrected chi connectivity index (χ0v) is 23.9. The first-order valence-corrected chi connectivity index (χ1v) is 13.9. The molecule has 4 N–H and O–H groups in total. The van der Waals surface area contributed by atoms with E-state index in [9.17, 15) is 9.90 Å². The van der Waals surface area contributed by atoms with Crippen LogP contribution < -0.4 is 15.0 Å². The fourth-order valence-corrected chi connectivity index (χ4v) is 5.10. The molecule has 1 amide bonds. The number of hydrogen-bond acceptors (Lipinski definition) is 7. The van der Waals surface area contributed by atoms with E-state index >= 15 is 0 Å². The van der Waals surface area contributed by atoms with Gasteiger partial charge in [-0.25, -0.2) is 0 Å². The minimum atomic E-state index is -0.590. The average molecular weight is 555 g/mol. The van der Waals surface area contributed by atoms with Gasteiger partial charge in [0.2, 0.25) is 0 Å². The Morgan fingerprint density at radius 2 is 1.82 bits per heavy atom. The second kappa shape index (κ2) is 12.4. The van der Waals surface area contributed by atoms with E-state index in [1.165, 1.54) is 18.1 Å². The van der Waals surface area contributed by atoms with Crippen molar-refractivity contribution in [2.75, 3.05) is 44.7 Å². The highest BCUT2D eigenvalue weighted by Gasteiger charge is 2.32. The van der Waals surface area contributed by atoms with Gasteiger partial charge in [-0.2, -0.15) is 0 Å². The third kappa shape index (κ3) is 6.72. The molecule has 210 valence electrons. The molecule has 0 aromatic heterocycles. The van der Waals surface area contributed by atoms with Crippen LogP contribution in [0.4, 0.5) is 5.69 Å². The van der Waals surface area contributed by atoms with Gasteiger partial charge in [-0.15, -0.1) is 0 Å². The van der Waals surface area contributed by atoms with Gasteiger partial charge in [-0.3, -0.25) is 25.4 Å². The number of likely N-dealkylation sites (N-methyl/N-ethyl adjacent to an activating group) is 1. The van der Waals surface area contributed by atoms with Gasteiger partial charge >= 0.3 is 0 Å². The number of amidine groups is 2. The lowest BCUT2D eigenvalue weighted by Gasteiger charge is -2.34. The van der Waals surface area contributed by atoms with Gasteiger partial charge in [0.1, 0.15) is 17.3 Å². The van der Waals surface area contributed by atoms with E-state index in [2.05, 4.69) is 22.0 Å². The number of nitrogens with one attached hydrogen (secondary N) is 3. The number of nitrogens with zero attached hydrogens (tertiary/aromatic N) is 3. The molecular weight excluding hydrogens is 516 g/mol. The van der Waals surface area contributed by atoms with Gasteiger partial charge in [0.05, 0.1) is 23.4 Å². The van der Waals surface area contributed by atoms with E-state index in [0.717, 1.165) is 63.2 Å². The van der Waals surface area contributed by atoms with E-state index in [1.807, 2.05) is 26.0 Å². The molecule has 2 fully saturated rings. The van der Waals surface area contributed by atoms with Crippen molar-refractivity contribution in [3.05, 3.63) is 52.0 Å². The van der Waals surface area contributed by atoms with Gasteiger partial charge in [0.15, 0.2) is 5.84 Å². The SMILES string of the molecule is CCN1CCN(Cc2ccc(N(C(=N)C(=O)NC3CC3)C(=N)c3cc(C(C)C)c(OC)cc3O)c(Cl)c2)CC1. The number of phenolic OH excluding ortho intramolecular Hbond substituents is 1. The van der Waals surface area contributed by atoms with Crippen molar-refractivity contribution in [2.24, 2.45) is 0 Å². The second-order valence-electron chi connectivity index (χ2n) is 10.5. The zero-order chi connectivity index (χ0) is 28.3. The van der Waals surface area contributed by atoms with Crippen LogP contribution in [0, 0.1) is 10.8 Å². The monoisotopic (exact) mass is 554 g/mol. The largest absolute Gasteiger partial charge is 0.507 e. The Hall–Kier alpha value is -3.14. The quantitative estimate of drug-likeness (QED) is 0.284. The van der Waals surface area contributed by atoms with E-state index in [4.69, 9.17) is 27.2 Å². The van der Waals surface area contributed by atoms with Crippen LogP contribution >= 0.6 is 11.6 Å². The van der Waals surface area contributed by atoms with Gasteiger partial charge in [-0.05, 0) is 54.6 Å². The van der Waals surface area contributed by atoms with Crippen LogP contribution in [0.15, 0.2) is 30.3 Å². The van der Waals surface area contributed by atoms with E-state index in [-0.39, 0.29) is 29.1 Å². The fourth-order valence-electron chi connectivity index (χ4n) is 4.81. The summed E-state index contributed by atoms with van der Waals surface area (Å²) in [4.78, 5) is 19.0. The summed E-state index contributed by atoms with van der Waals surface area (Å²) in [5.74, 6) is -0.861. The van der Waals surface area contributed by atoms with Crippen LogP contribution in [-0.2, 0) is 11.3 Å². The van der Waals surface area contributed by atoms with Crippen molar-refractivity contribution in [3.63, 3.8) is 0 Å². The molecule has 2 aromatic carbocycles. The van der Waals surface area contributed by atoms with Crippen LogP contribution in [0.3, 0.4) is 0 Å². The fraction of sp³-hybridized carbons (Fsp3) is 0.483. The molecule has 0 radical (unpaired) electrons. The summed E-state index contributed by atoms with van der Waals surface area (Å²) in [6.45, 7) is 12.0. The molecule has 9 nitrogen and oxygen atoms in total. The minimum Gasteiger partial charge on any atom is -0.507 e. The number of halogens is 1. The maximum atomic E-state index is 13.0. The molecule has 1 saturated carbocycles. The third-order valence-corrected chi connectivity index (χ3v) is 7.67. The lowest BCUT2D eigenvalue weighted by Crippen LogP contribution is -2.46. The molecule has 4 rings (SSSR count). The maximum Gasteiger partial charge on any atom is 0.287 e. The number of anilines is 1. The molecule has 1 aliphatic heterocycles. The van der Waals surface area contributed by atoms with E-state index < -0.39 is 11.7 Å². The number of benzene rings is 2. The van der Waals surface area contributed by atoms with Crippen molar-refractivity contribution >= 4 is 34.9 Å². The Morgan fingerprint density at radius 3 is 2.38 bits per heavy atom. The first-order chi connectivity index (χ1) is 18.6. The molecule has 0 atom stereocenters. The van der Waals surface area contributed by atoms with Crippen molar-refractivity contribution in [1.29, 1.82) is 10.8 Å². The lowest BCUT2D eigenvalue weighted by molar-refractivity contribution is -0.115. The Morgan fingerprint density at radius 1 is 1.15 bits per heavy atom. The van der Waals surface area contributed by atoms with Crippen LogP contribution in [0.2, 0.25) is 5.02 Å². The summed E-state index contributed by atoms with van der Waals surface area (Å²) in [5, 5.41) is 31.8. The summed E-state index contributed by atoms with van der Waals surface area (Å²) in [5.41, 5.74) is 2.33. The van der Waals surface area contributed by atoms with Crippen LogP contribution in [0.1, 0.15) is 56.2 Å². The van der Waals surface area contributed by atoms with Crippen molar-refractivity contribution in [1.82, 2.24) is 15.1 Å². The summed E-state index contributed by atoms with van der Waals surface area (Å²) in [6, 6.07) is 8.70. The van der Waals surface area contributed by atoms with Crippen LogP contribution in [-0.4, -0.2) is 78.4 Å². The predicted molar refractivity (Wildman–Crippen MR) is 156 cm³/mol. The first-order valence-electron chi connectivity index (χ1n) is 13.5. The van der Waals surface area contributed by atoms with Gasteiger partial charge in [0.25, 0.3) is 5.91 Å². The molecule has 2 aliphatic rings. The van der Waals surface area contributed by atoms with Crippen molar-refractivity contribution in [3.8, 4) is 11.5 Å². The molecule has 1 heterocycles. The normalized spacial score (nSPS) is 16.3. The van der Waals surface area contributed by atoms with Crippen LogP contribution in [0.5, 0.6) is 11.5 Å². The Bertz CT molecular complexity index is 1240. The summed E-state index contributed by atoms with van der Waals surface area (Å²) < 4.78 is 5.43. The van der Waals surface area contributed by atoms with Crippen molar-refractivity contribution in [2.45, 2.75) is 52.1 Å². The third-order valence-electron chi connectivity index (χ3n) is 7.37. The Balaban J connectivity index is 1.66. The average Bonchev–Trinajstić information content (AvgIpc) is 3.73. The molecule has 10 heteroatoms. The predicted octanol–water partition coefficient (Wildman–Crippen LogP) is 4.40. The topological polar surface area (TPSA) is 116 Å². The number of amides is 1.